The molecule has 0 radical (unpaired) electrons. The maximum atomic E-state index is 12.1. The highest BCUT2D eigenvalue weighted by Gasteiger charge is 2.15. The third kappa shape index (κ3) is 3.71. The van der Waals surface area contributed by atoms with Crippen LogP contribution in [0.4, 0.5) is 10.5 Å². The van der Waals surface area contributed by atoms with Gasteiger partial charge in [0.25, 0.3) is 0 Å². The largest absolute Gasteiger partial charge is 0.366 e. The minimum absolute atomic E-state index is 0.0753. The number of hydrogen-bond donors (Lipinski definition) is 2. The zero-order chi connectivity index (χ0) is 13.7. The molecule has 1 aliphatic rings. The fourth-order valence-corrected chi connectivity index (χ4v) is 2.19. The molecule has 0 saturated carbocycles. The Kier molecular flexibility index (Phi) is 4.39. The number of carbonyl (C=O) groups excluding carboxylic acids is 2. The molecule has 5 nitrogen and oxygen atoms in total. The first-order valence-corrected chi connectivity index (χ1v) is 6.62. The molecule has 19 heavy (non-hydrogen) atoms. The predicted octanol–water partition coefficient (Wildman–Crippen LogP) is 2.19. The van der Waals surface area contributed by atoms with E-state index in [9.17, 15) is 9.59 Å². The summed E-state index contributed by atoms with van der Waals surface area (Å²) in [6.07, 6.45) is 4.51. The second kappa shape index (κ2) is 6.22. The highest BCUT2D eigenvalue weighted by molar-refractivity contribution is 5.94. The monoisotopic (exact) mass is 261 g/mol. The first-order chi connectivity index (χ1) is 9.16. The maximum absolute atomic E-state index is 12.1. The van der Waals surface area contributed by atoms with Gasteiger partial charge in [-0.3, -0.25) is 4.79 Å². The van der Waals surface area contributed by atoms with E-state index in [0.717, 1.165) is 25.9 Å². The van der Waals surface area contributed by atoms with Gasteiger partial charge in [-0.15, -0.1) is 0 Å². The quantitative estimate of drug-likeness (QED) is 0.856. The summed E-state index contributed by atoms with van der Waals surface area (Å²) in [5.74, 6) is -0.467. The second-order valence-corrected chi connectivity index (χ2v) is 4.77. The highest BCUT2D eigenvalue weighted by Crippen LogP contribution is 2.13. The van der Waals surface area contributed by atoms with Crippen molar-refractivity contribution in [3.8, 4) is 0 Å². The van der Waals surface area contributed by atoms with Gasteiger partial charge in [-0.05, 0) is 37.1 Å². The van der Waals surface area contributed by atoms with Crippen molar-refractivity contribution < 1.29 is 9.59 Å². The van der Waals surface area contributed by atoms with Crippen molar-refractivity contribution >= 4 is 17.6 Å². The van der Waals surface area contributed by atoms with Gasteiger partial charge in [-0.25, -0.2) is 4.79 Å². The minimum Gasteiger partial charge on any atom is -0.366 e. The van der Waals surface area contributed by atoms with Gasteiger partial charge in [0.15, 0.2) is 0 Å². The summed E-state index contributed by atoms with van der Waals surface area (Å²) in [6, 6.07) is 6.53. The molecule has 1 aliphatic heterocycles. The second-order valence-electron chi connectivity index (χ2n) is 4.77. The van der Waals surface area contributed by atoms with E-state index in [-0.39, 0.29) is 6.03 Å². The first kappa shape index (κ1) is 13.4. The predicted molar refractivity (Wildman–Crippen MR) is 74.0 cm³/mol. The van der Waals surface area contributed by atoms with Crippen LogP contribution in [0.25, 0.3) is 0 Å². The van der Waals surface area contributed by atoms with Crippen molar-refractivity contribution in [1.29, 1.82) is 0 Å². The Morgan fingerprint density at radius 1 is 1.00 bits per heavy atom. The zero-order valence-corrected chi connectivity index (χ0v) is 10.9. The fraction of sp³-hybridized carbons (Fsp3) is 0.429. The lowest BCUT2D eigenvalue weighted by molar-refractivity contribution is 0.100. The number of nitrogens with one attached hydrogen (secondary N) is 1. The van der Waals surface area contributed by atoms with E-state index < -0.39 is 5.91 Å². The van der Waals surface area contributed by atoms with Crippen LogP contribution in [0.3, 0.4) is 0 Å². The molecule has 0 bridgehead atoms. The lowest BCUT2D eigenvalue weighted by Gasteiger charge is -2.20. The number of primary amides is 1. The van der Waals surface area contributed by atoms with Crippen molar-refractivity contribution in [2.24, 2.45) is 5.73 Å². The summed E-state index contributed by atoms with van der Waals surface area (Å²) in [4.78, 5) is 24.9. The van der Waals surface area contributed by atoms with E-state index in [1.807, 2.05) is 4.90 Å². The molecule has 3 N–H and O–H groups in total. The third-order valence-electron chi connectivity index (χ3n) is 3.31. The molecule has 2 rings (SSSR count). The Morgan fingerprint density at radius 2 is 1.58 bits per heavy atom. The molecule has 1 aromatic carbocycles. The average molecular weight is 261 g/mol. The van der Waals surface area contributed by atoms with Gasteiger partial charge >= 0.3 is 6.03 Å². The Bertz CT molecular complexity index is 448. The van der Waals surface area contributed by atoms with Crippen LogP contribution in [0.5, 0.6) is 0 Å². The molecule has 102 valence electrons. The molecule has 0 spiro atoms. The van der Waals surface area contributed by atoms with Gasteiger partial charge in [-0.2, -0.15) is 0 Å². The fourth-order valence-electron chi connectivity index (χ4n) is 2.19. The van der Waals surface area contributed by atoms with Crippen molar-refractivity contribution in [3.05, 3.63) is 29.8 Å². The van der Waals surface area contributed by atoms with Crippen LogP contribution in [0, 0.1) is 0 Å². The number of urea groups is 1. The van der Waals surface area contributed by atoms with Gasteiger partial charge in [0, 0.05) is 24.3 Å². The van der Waals surface area contributed by atoms with Crippen LogP contribution in [0.15, 0.2) is 24.3 Å². The highest BCUT2D eigenvalue weighted by atomic mass is 16.2. The Balaban J connectivity index is 1.95. The molecule has 0 atom stereocenters. The summed E-state index contributed by atoms with van der Waals surface area (Å²) in [7, 11) is 0. The van der Waals surface area contributed by atoms with Gasteiger partial charge < -0.3 is 16.0 Å². The molecule has 1 heterocycles. The first-order valence-electron chi connectivity index (χ1n) is 6.62. The van der Waals surface area contributed by atoms with E-state index in [2.05, 4.69) is 5.32 Å². The van der Waals surface area contributed by atoms with Crippen molar-refractivity contribution in [1.82, 2.24) is 4.90 Å². The van der Waals surface area contributed by atoms with Gasteiger partial charge in [0.05, 0.1) is 0 Å². The van der Waals surface area contributed by atoms with Crippen LogP contribution in [-0.2, 0) is 0 Å². The molecular formula is C14H19N3O2. The number of rotatable bonds is 2. The number of amides is 3. The Morgan fingerprint density at radius 3 is 2.11 bits per heavy atom. The van der Waals surface area contributed by atoms with E-state index in [0.29, 0.717) is 11.3 Å². The Labute approximate surface area is 112 Å². The Hall–Kier alpha value is -2.04. The molecule has 1 aromatic rings. The summed E-state index contributed by atoms with van der Waals surface area (Å²) in [5, 5.41) is 2.84. The van der Waals surface area contributed by atoms with E-state index in [1.165, 1.54) is 12.8 Å². The maximum Gasteiger partial charge on any atom is 0.321 e. The normalized spacial score (nSPS) is 15.7. The lowest BCUT2D eigenvalue weighted by Crippen LogP contribution is -2.35. The summed E-state index contributed by atoms with van der Waals surface area (Å²) >= 11 is 0. The number of anilines is 1. The molecule has 5 heteroatoms. The average Bonchev–Trinajstić information content (AvgIpc) is 2.68. The number of nitrogens with two attached hydrogens (primary N) is 1. The summed E-state index contributed by atoms with van der Waals surface area (Å²) < 4.78 is 0. The standard InChI is InChI=1S/C14H19N3O2/c15-13(18)11-5-7-12(8-6-11)16-14(19)17-9-3-1-2-4-10-17/h5-8H,1-4,9-10H2,(H2,15,18)(H,16,19). The third-order valence-corrected chi connectivity index (χ3v) is 3.31. The lowest BCUT2D eigenvalue weighted by atomic mass is 10.2. The molecule has 0 unspecified atom stereocenters. The molecule has 1 fully saturated rings. The van der Waals surface area contributed by atoms with Gasteiger partial charge in [0.1, 0.15) is 0 Å². The summed E-state index contributed by atoms with van der Waals surface area (Å²) in [5.41, 5.74) is 6.28. The van der Waals surface area contributed by atoms with Crippen molar-refractivity contribution in [3.63, 3.8) is 0 Å². The van der Waals surface area contributed by atoms with Crippen molar-refractivity contribution in [2.75, 3.05) is 18.4 Å². The van der Waals surface area contributed by atoms with E-state index in [4.69, 9.17) is 5.73 Å². The number of hydrogen-bond acceptors (Lipinski definition) is 2. The van der Waals surface area contributed by atoms with Crippen molar-refractivity contribution in [2.45, 2.75) is 25.7 Å². The topological polar surface area (TPSA) is 75.4 Å². The molecular weight excluding hydrogens is 242 g/mol. The number of nitrogens with zero attached hydrogens (tertiary/aromatic N) is 1. The number of likely N-dealkylation sites (tertiary alicyclic amines) is 1. The van der Waals surface area contributed by atoms with Gasteiger partial charge in [0.2, 0.25) is 5.91 Å². The van der Waals surface area contributed by atoms with Gasteiger partial charge in [-0.1, -0.05) is 12.8 Å². The van der Waals surface area contributed by atoms with Crippen LogP contribution in [-0.4, -0.2) is 29.9 Å². The number of benzene rings is 1. The zero-order valence-electron chi connectivity index (χ0n) is 10.9. The minimum atomic E-state index is -0.467. The molecule has 0 aromatic heterocycles. The van der Waals surface area contributed by atoms with E-state index >= 15 is 0 Å². The summed E-state index contributed by atoms with van der Waals surface area (Å²) in [6.45, 7) is 1.62. The van der Waals surface area contributed by atoms with Crippen LogP contribution in [0.1, 0.15) is 36.0 Å². The molecule has 1 saturated heterocycles. The van der Waals surface area contributed by atoms with Crippen LogP contribution < -0.4 is 11.1 Å². The molecule has 0 aliphatic carbocycles. The molecule has 3 amide bonds. The SMILES string of the molecule is NC(=O)c1ccc(NC(=O)N2CCCCCC2)cc1. The smallest absolute Gasteiger partial charge is 0.321 e. The van der Waals surface area contributed by atoms with E-state index in [1.54, 1.807) is 24.3 Å². The van der Waals surface area contributed by atoms with Crippen LogP contribution in [0.2, 0.25) is 0 Å². The number of carbonyl (C=O) groups is 2. The van der Waals surface area contributed by atoms with Crippen LogP contribution >= 0.6 is 0 Å².